The first-order valence-electron chi connectivity index (χ1n) is 12.9. The predicted molar refractivity (Wildman–Crippen MR) is 158 cm³/mol. The van der Waals surface area contributed by atoms with Crippen molar-refractivity contribution < 1.29 is 14.2 Å². The number of nitriles is 1. The van der Waals surface area contributed by atoms with E-state index in [9.17, 15) is 4.79 Å². The van der Waals surface area contributed by atoms with E-state index < -0.39 is 0 Å². The molecule has 1 heterocycles. The van der Waals surface area contributed by atoms with Gasteiger partial charge < -0.3 is 14.2 Å². The molecule has 0 saturated heterocycles. The van der Waals surface area contributed by atoms with Crippen molar-refractivity contribution in [1.29, 1.82) is 5.26 Å². The third-order valence-corrected chi connectivity index (χ3v) is 6.54. The van der Waals surface area contributed by atoms with E-state index in [4.69, 9.17) is 24.5 Å². The number of aryl methyl sites for hydroxylation is 1. The van der Waals surface area contributed by atoms with Crippen molar-refractivity contribution in [2.45, 2.75) is 33.1 Å². The minimum atomic E-state index is -0.287. The summed E-state index contributed by atoms with van der Waals surface area (Å²) in [6.45, 7) is 9.85. The number of ether oxygens (including phenoxy) is 3. The Labute approximate surface area is 233 Å². The second kappa shape index (κ2) is 12.3. The highest BCUT2D eigenvalue weighted by molar-refractivity contribution is 5.83. The Bertz CT molecular complexity index is 1700. The van der Waals surface area contributed by atoms with Crippen LogP contribution in [-0.4, -0.2) is 36.7 Å². The van der Waals surface area contributed by atoms with Gasteiger partial charge in [0.1, 0.15) is 11.8 Å². The van der Waals surface area contributed by atoms with E-state index in [1.165, 1.54) is 11.8 Å². The Kier molecular flexibility index (Phi) is 8.65. The molecule has 0 radical (unpaired) electrons. The lowest BCUT2D eigenvalue weighted by molar-refractivity contribution is 0.327. The zero-order valence-electron chi connectivity index (χ0n) is 23.4. The van der Waals surface area contributed by atoms with E-state index >= 15 is 0 Å². The lowest BCUT2D eigenvalue weighted by atomic mass is 9.96. The monoisotopic (exact) mass is 536 g/mol. The molecule has 0 bridgehead atoms. The molecule has 1 aromatic heterocycles. The highest BCUT2D eigenvalue weighted by Crippen LogP contribution is 2.35. The topological polar surface area (TPSA) is 98.7 Å². The molecule has 0 fully saturated rings. The minimum Gasteiger partial charge on any atom is -0.496 e. The molecule has 0 spiro atoms. The molecule has 4 rings (SSSR count). The van der Waals surface area contributed by atoms with Crippen LogP contribution in [0.4, 0.5) is 0 Å². The molecule has 0 aliphatic heterocycles. The molecule has 0 N–H and O–H groups in total. The van der Waals surface area contributed by atoms with Gasteiger partial charge in [0, 0.05) is 11.1 Å². The summed E-state index contributed by atoms with van der Waals surface area (Å²) in [4.78, 5) is 18.6. The number of benzene rings is 3. The quantitative estimate of drug-likeness (QED) is 0.181. The Morgan fingerprint density at radius 2 is 1.88 bits per heavy atom. The molecule has 0 unspecified atom stereocenters. The number of nitrogens with zero attached hydrogens (tertiary/aromatic N) is 4. The van der Waals surface area contributed by atoms with Crippen molar-refractivity contribution >= 4 is 17.1 Å². The van der Waals surface area contributed by atoms with Crippen LogP contribution in [0.15, 0.2) is 71.1 Å². The standard InChI is InChI=1S/C32H32N4O4/c1-7-10-23-16-22(17-29(39-6)30(23)40-14-13-33)19-34-36-31(35-27-12-9-8-11-24(27)32(36)37)26-18-25(20(2)3)28(38-5)15-21(26)4/h7-9,11-12,15-20H,1,10,14H2,2-6H3. The van der Waals surface area contributed by atoms with Crippen LogP contribution in [-0.2, 0) is 6.42 Å². The zero-order valence-corrected chi connectivity index (χ0v) is 23.4. The van der Waals surface area contributed by atoms with Gasteiger partial charge in [0.2, 0.25) is 0 Å². The highest BCUT2D eigenvalue weighted by Gasteiger charge is 2.19. The molecule has 8 nitrogen and oxygen atoms in total. The Morgan fingerprint density at radius 3 is 2.55 bits per heavy atom. The largest absolute Gasteiger partial charge is 0.496 e. The van der Waals surface area contributed by atoms with Crippen LogP contribution in [0.5, 0.6) is 17.2 Å². The molecule has 0 amide bonds. The smallest absolute Gasteiger partial charge is 0.282 e. The molecule has 0 aliphatic rings. The van der Waals surface area contributed by atoms with Gasteiger partial charge in [-0.3, -0.25) is 4.79 Å². The molecule has 8 heteroatoms. The molecule has 0 aliphatic carbocycles. The summed E-state index contributed by atoms with van der Waals surface area (Å²) >= 11 is 0. The van der Waals surface area contributed by atoms with Gasteiger partial charge >= 0.3 is 0 Å². The van der Waals surface area contributed by atoms with Crippen molar-refractivity contribution in [2.24, 2.45) is 5.10 Å². The van der Waals surface area contributed by atoms with E-state index in [1.807, 2.05) is 43.3 Å². The van der Waals surface area contributed by atoms with Gasteiger partial charge in [0.05, 0.1) is 31.3 Å². The maximum atomic E-state index is 13.8. The van der Waals surface area contributed by atoms with Crippen LogP contribution in [0.2, 0.25) is 0 Å². The first-order chi connectivity index (χ1) is 19.3. The van der Waals surface area contributed by atoms with Crippen molar-refractivity contribution in [3.05, 3.63) is 93.8 Å². The van der Waals surface area contributed by atoms with E-state index in [-0.39, 0.29) is 18.1 Å². The Morgan fingerprint density at radius 1 is 1.12 bits per heavy atom. The van der Waals surface area contributed by atoms with Gasteiger partial charge in [-0.15, -0.1) is 6.58 Å². The summed E-state index contributed by atoms with van der Waals surface area (Å²) in [5, 5.41) is 14.1. The summed E-state index contributed by atoms with van der Waals surface area (Å²) in [6, 6.07) is 16.8. The summed E-state index contributed by atoms with van der Waals surface area (Å²) in [5.74, 6) is 2.33. The molecule has 0 atom stereocenters. The van der Waals surface area contributed by atoms with Gasteiger partial charge in [0.25, 0.3) is 5.56 Å². The molecular formula is C32H32N4O4. The fraction of sp³-hybridized carbons (Fsp3) is 0.250. The normalized spacial score (nSPS) is 11.1. The lowest BCUT2D eigenvalue weighted by Crippen LogP contribution is -2.21. The summed E-state index contributed by atoms with van der Waals surface area (Å²) in [5.41, 5.74) is 4.46. The van der Waals surface area contributed by atoms with Crippen LogP contribution in [0, 0.1) is 18.3 Å². The second-order valence-corrected chi connectivity index (χ2v) is 9.53. The molecule has 0 saturated carbocycles. The maximum Gasteiger partial charge on any atom is 0.282 e. The van der Waals surface area contributed by atoms with E-state index in [0.29, 0.717) is 40.2 Å². The van der Waals surface area contributed by atoms with Crippen LogP contribution in [0.25, 0.3) is 22.3 Å². The molecule has 3 aromatic carbocycles. The van der Waals surface area contributed by atoms with Crippen LogP contribution < -0.4 is 19.8 Å². The van der Waals surface area contributed by atoms with Crippen LogP contribution in [0.3, 0.4) is 0 Å². The van der Waals surface area contributed by atoms with E-state index in [0.717, 1.165) is 28.0 Å². The fourth-order valence-electron chi connectivity index (χ4n) is 4.58. The van der Waals surface area contributed by atoms with Gasteiger partial charge in [-0.1, -0.05) is 32.1 Å². The number of allylic oxidation sites excluding steroid dienone is 1. The number of methoxy groups -OCH3 is 2. The summed E-state index contributed by atoms with van der Waals surface area (Å²) in [7, 11) is 3.18. The second-order valence-electron chi connectivity index (χ2n) is 9.53. The summed E-state index contributed by atoms with van der Waals surface area (Å²) < 4.78 is 18.1. The van der Waals surface area contributed by atoms with Gasteiger partial charge in [-0.05, 0) is 72.4 Å². The number of hydrogen-bond donors (Lipinski definition) is 0. The van der Waals surface area contributed by atoms with Gasteiger partial charge in [-0.25, -0.2) is 4.98 Å². The van der Waals surface area contributed by atoms with Crippen molar-refractivity contribution in [1.82, 2.24) is 9.66 Å². The molecular weight excluding hydrogens is 504 g/mol. The van der Waals surface area contributed by atoms with E-state index in [1.54, 1.807) is 37.6 Å². The first-order valence-corrected chi connectivity index (χ1v) is 12.9. The minimum absolute atomic E-state index is 0.116. The maximum absolute atomic E-state index is 13.8. The zero-order chi connectivity index (χ0) is 28.8. The summed E-state index contributed by atoms with van der Waals surface area (Å²) in [6.07, 6.45) is 3.82. The SMILES string of the molecule is C=CCc1cc(C=Nn2c(-c3cc(C(C)C)c(OC)cc3C)nc3ccccc3c2=O)cc(OC)c1OCC#N. The third-order valence-electron chi connectivity index (χ3n) is 6.54. The average molecular weight is 537 g/mol. The highest BCUT2D eigenvalue weighted by atomic mass is 16.5. The van der Waals surface area contributed by atoms with Crippen molar-refractivity contribution in [3.63, 3.8) is 0 Å². The number of rotatable bonds is 10. The Hall–Kier alpha value is -4.90. The number of fused-ring (bicyclic) bond motifs is 1. The van der Waals surface area contributed by atoms with Crippen LogP contribution >= 0.6 is 0 Å². The third kappa shape index (κ3) is 5.59. The molecule has 204 valence electrons. The van der Waals surface area contributed by atoms with E-state index in [2.05, 4.69) is 25.5 Å². The van der Waals surface area contributed by atoms with Crippen molar-refractivity contribution in [3.8, 4) is 34.7 Å². The fourth-order valence-corrected chi connectivity index (χ4v) is 4.58. The number of hydrogen-bond acceptors (Lipinski definition) is 7. The van der Waals surface area contributed by atoms with Crippen molar-refractivity contribution in [2.75, 3.05) is 20.8 Å². The van der Waals surface area contributed by atoms with Gasteiger partial charge in [-0.2, -0.15) is 15.0 Å². The Balaban J connectivity index is 1.94. The van der Waals surface area contributed by atoms with Crippen LogP contribution in [0.1, 0.15) is 42.0 Å². The molecule has 40 heavy (non-hydrogen) atoms. The first kappa shape index (κ1) is 28.1. The number of aromatic nitrogens is 2. The average Bonchev–Trinajstić information content (AvgIpc) is 2.95. The number of para-hydroxylation sites is 1. The molecule has 4 aromatic rings. The predicted octanol–water partition coefficient (Wildman–Crippen LogP) is 6.03. The van der Waals surface area contributed by atoms with Gasteiger partial charge in [0.15, 0.2) is 23.9 Å². The lowest BCUT2D eigenvalue weighted by Gasteiger charge is -2.17.